The van der Waals surface area contributed by atoms with Crippen LogP contribution < -0.4 is 0 Å². The van der Waals surface area contributed by atoms with Gasteiger partial charge in [-0.15, -0.1) is 0 Å². The largest absolute Gasteiger partial charge is 0.261 e. The molecule has 0 saturated carbocycles. The van der Waals surface area contributed by atoms with E-state index in [0.29, 0.717) is 16.3 Å². The van der Waals surface area contributed by atoms with Crippen molar-refractivity contribution in [2.45, 2.75) is 19.3 Å². The van der Waals surface area contributed by atoms with Gasteiger partial charge in [0.1, 0.15) is 0 Å². The van der Waals surface area contributed by atoms with Crippen LogP contribution in [0, 0.1) is 6.92 Å². The number of hydrogen-bond donors (Lipinski definition) is 0. The highest BCUT2D eigenvalue weighted by molar-refractivity contribution is 7.94. The summed E-state index contributed by atoms with van der Waals surface area (Å²) >= 11 is 6.14. The Bertz CT molecular complexity index is 932. The molecule has 0 spiro atoms. The third-order valence-electron chi connectivity index (χ3n) is 3.96. The molecule has 0 radical (unpaired) electrons. The monoisotopic (exact) mass is 360 g/mol. The molecule has 2 aromatic rings. The van der Waals surface area contributed by atoms with Crippen LogP contribution in [-0.4, -0.2) is 24.6 Å². The third-order valence-corrected chi connectivity index (χ3v) is 5.33. The number of sulfone groups is 1. The van der Waals surface area contributed by atoms with Gasteiger partial charge in [0.15, 0.2) is 9.84 Å². The highest BCUT2D eigenvalue weighted by Gasteiger charge is 2.20. The van der Waals surface area contributed by atoms with Gasteiger partial charge in [-0.2, -0.15) is 0 Å². The maximum atomic E-state index is 11.6. The SMILES string of the molecule is Cc1ccc(-c2ncc(Cl)cc2C2C=CC(S(C)(=O)=O)=CC2)cn1. The van der Waals surface area contributed by atoms with E-state index in [1.54, 1.807) is 24.5 Å². The minimum atomic E-state index is -3.18. The second-order valence-electron chi connectivity index (χ2n) is 5.86. The van der Waals surface area contributed by atoms with Gasteiger partial charge in [-0.1, -0.05) is 23.8 Å². The van der Waals surface area contributed by atoms with Crippen LogP contribution in [0.3, 0.4) is 0 Å². The van der Waals surface area contributed by atoms with Gasteiger partial charge in [-0.05, 0) is 43.2 Å². The van der Waals surface area contributed by atoms with E-state index in [2.05, 4.69) is 9.97 Å². The molecule has 0 fully saturated rings. The van der Waals surface area contributed by atoms with Crippen molar-refractivity contribution in [3.63, 3.8) is 0 Å². The molecule has 6 heteroatoms. The summed E-state index contributed by atoms with van der Waals surface area (Å²) in [5, 5.41) is 0.556. The van der Waals surface area contributed by atoms with E-state index in [1.807, 2.05) is 31.2 Å². The van der Waals surface area contributed by atoms with Gasteiger partial charge in [0.25, 0.3) is 0 Å². The maximum Gasteiger partial charge on any atom is 0.175 e. The molecule has 24 heavy (non-hydrogen) atoms. The zero-order valence-corrected chi connectivity index (χ0v) is 15.0. The molecule has 0 N–H and O–H groups in total. The van der Waals surface area contributed by atoms with Crippen LogP contribution in [0.2, 0.25) is 5.02 Å². The zero-order chi connectivity index (χ0) is 17.3. The molecular weight excluding hydrogens is 344 g/mol. The molecule has 1 aliphatic carbocycles. The van der Waals surface area contributed by atoms with Crippen LogP contribution in [0.15, 0.2) is 53.7 Å². The Hall–Kier alpha value is -1.98. The minimum Gasteiger partial charge on any atom is -0.261 e. The number of rotatable bonds is 3. The Morgan fingerprint density at radius 1 is 1.21 bits per heavy atom. The topological polar surface area (TPSA) is 59.9 Å². The van der Waals surface area contributed by atoms with Gasteiger partial charge in [0, 0.05) is 35.8 Å². The molecule has 0 bridgehead atoms. The summed E-state index contributed by atoms with van der Waals surface area (Å²) in [6.45, 7) is 1.93. The van der Waals surface area contributed by atoms with E-state index in [4.69, 9.17) is 11.6 Å². The summed E-state index contributed by atoms with van der Waals surface area (Å²) < 4.78 is 23.3. The standard InChI is InChI=1S/C18H17ClN2O2S/c1-12-3-4-14(10-20-12)18-17(9-15(19)11-21-18)13-5-7-16(8-6-13)24(2,22)23/h3-5,7-11,13H,6H2,1-2H3. The molecule has 124 valence electrons. The molecule has 3 rings (SSSR count). The predicted octanol–water partition coefficient (Wildman–Crippen LogP) is 4.08. The Kier molecular flexibility index (Phi) is 4.56. The summed E-state index contributed by atoms with van der Waals surface area (Å²) in [5.74, 6) is 0.0259. The van der Waals surface area contributed by atoms with E-state index < -0.39 is 9.84 Å². The van der Waals surface area contributed by atoms with Crippen molar-refractivity contribution in [2.24, 2.45) is 0 Å². The number of pyridine rings is 2. The second kappa shape index (κ2) is 6.49. The lowest BCUT2D eigenvalue weighted by atomic mass is 9.89. The smallest absolute Gasteiger partial charge is 0.175 e. The fraction of sp³-hybridized carbons (Fsp3) is 0.222. The van der Waals surface area contributed by atoms with E-state index >= 15 is 0 Å². The average Bonchev–Trinajstić information content (AvgIpc) is 2.55. The van der Waals surface area contributed by atoms with Crippen LogP contribution in [0.25, 0.3) is 11.3 Å². The summed E-state index contributed by atoms with van der Waals surface area (Å²) in [6.07, 6.45) is 10.5. The molecule has 0 aliphatic heterocycles. The Balaban J connectivity index is 2.00. The van der Waals surface area contributed by atoms with Crippen molar-refractivity contribution in [1.29, 1.82) is 0 Å². The van der Waals surface area contributed by atoms with Gasteiger partial charge >= 0.3 is 0 Å². The van der Waals surface area contributed by atoms with Crippen LogP contribution in [0.4, 0.5) is 0 Å². The van der Waals surface area contributed by atoms with E-state index in [1.165, 1.54) is 6.26 Å². The van der Waals surface area contributed by atoms with Gasteiger partial charge in [-0.3, -0.25) is 9.97 Å². The van der Waals surface area contributed by atoms with Crippen molar-refractivity contribution < 1.29 is 8.42 Å². The number of aromatic nitrogens is 2. The number of aryl methyl sites for hydroxylation is 1. The van der Waals surface area contributed by atoms with Crippen molar-refractivity contribution in [3.05, 3.63) is 70.0 Å². The second-order valence-corrected chi connectivity index (χ2v) is 8.31. The summed E-state index contributed by atoms with van der Waals surface area (Å²) in [7, 11) is -3.18. The summed E-state index contributed by atoms with van der Waals surface area (Å²) in [5.41, 5.74) is 3.64. The van der Waals surface area contributed by atoms with Crippen LogP contribution in [0.5, 0.6) is 0 Å². The number of allylic oxidation sites excluding steroid dienone is 3. The van der Waals surface area contributed by atoms with E-state index in [-0.39, 0.29) is 5.92 Å². The highest BCUT2D eigenvalue weighted by atomic mass is 35.5. The fourth-order valence-electron chi connectivity index (χ4n) is 2.69. The van der Waals surface area contributed by atoms with Crippen LogP contribution >= 0.6 is 11.6 Å². The number of hydrogen-bond acceptors (Lipinski definition) is 4. The fourth-order valence-corrected chi connectivity index (χ4v) is 3.58. The molecule has 1 unspecified atom stereocenters. The summed E-state index contributed by atoms with van der Waals surface area (Å²) in [6, 6.07) is 5.80. The molecule has 2 aromatic heterocycles. The molecule has 0 saturated heterocycles. The van der Waals surface area contributed by atoms with Crippen LogP contribution in [-0.2, 0) is 9.84 Å². The highest BCUT2D eigenvalue weighted by Crippen LogP contribution is 2.35. The van der Waals surface area contributed by atoms with E-state index in [0.717, 1.165) is 22.5 Å². The first-order valence-electron chi connectivity index (χ1n) is 7.51. The van der Waals surface area contributed by atoms with Crippen molar-refractivity contribution >= 4 is 21.4 Å². The molecule has 0 aromatic carbocycles. The first-order chi connectivity index (χ1) is 11.3. The normalized spacial score (nSPS) is 17.6. The first kappa shape index (κ1) is 16.9. The Labute approximate surface area is 146 Å². The Morgan fingerprint density at radius 3 is 2.58 bits per heavy atom. The van der Waals surface area contributed by atoms with E-state index in [9.17, 15) is 8.42 Å². The molecule has 2 heterocycles. The summed E-state index contributed by atoms with van der Waals surface area (Å²) in [4.78, 5) is 9.16. The molecule has 4 nitrogen and oxygen atoms in total. The number of halogens is 1. The lowest BCUT2D eigenvalue weighted by Crippen LogP contribution is -2.07. The van der Waals surface area contributed by atoms with Crippen molar-refractivity contribution in [1.82, 2.24) is 9.97 Å². The van der Waals surface area contributed by atoms with Gasteiger partial charge in [0.2, 0.25) is 0 Å². The lowest BCUT2D eigenvalue weighted by molar-refractivity contribution is 0.608. The van der Waals surface area contributed by atoms with Crippen LogP contribution in [0.1, 0.15) is 23.6 Å². The quantitative estimate of drug-likeness (QED) is 0.827. The molecular formula is C18H17ClN2O2S. The minimum absolute atomic E-state index is 0.0259. The molecule has 0 amide bonds. The Morgan fingerprint density at radius 2 is 2.00 bits per heavy atom. The molecule has 1 atom stereocenters. The number of nitrogens with zero attached hydrogens (tertiary/aromatic N) is 2. The third kappa shape index (κ3) is 3.57. The predicted molar refractivity (Wildman–Crippen MR) is 96.6 cm³/mol. The van der Waals surface area contributed by atoms with Gasteiger partial charge in [0.05, 0.1) is 15.6 Å². The maximum absolute atomic E-state index is 11.6. The van der Waals surface area contributed by atoms with Crippen molar-refractivity contribution in [2.75, 3.05) is 6.26 Å². The lowest BCUT2D eigenvalue weighted by Gasteiger charge is -2.19. The first-order valence-corrected chi connectivity index (χ1v) is 9.78. The average molecular weight is 361 g/mol. The van der Waals surface area contributed by atoms with Gasteiger partial charge < -0.3 is 0 Å². The zero-order valence-electron chi connectivity index (χ0n) is 13.4. The van der Waals surface area contributed by atoms with Gasteiger partial charge in [-0.25, -0.2) is 8.42 Å². The van der Waals surface area contributed by atoms with Crippen molar-refractivity contribution in [3.8, 4) is 11.3 Å². The molecule has 1 aliphatic rings.